The van der Waals surface area contributed by atoms with Crippen LogP contribution in [0.15, 0.2) is 24.4 Å². The van der Waals surface area contributed by atoms with E-state index < -0.39 is 0 Å². The molecule has 0 fully saturated rings. The lowest BCUT2D eigenvalue weighted by Gasteiger charge is -2.15. The molecule has 0 saturated carbocycles. The van der Waals surface area contributed by atoms with E-state index in [0.29, 0.717) is 11.8 Å². The Kier molecular flexibility index (Phi) is 11.8. The van der Waals surface area contributed by atoms with Crippen LogP contribution in [0.2, 0.25) is 0 Å². The Hall–Kier alpha value is -0.920. The molecule has 134 valence electrons. The molecule has 0 spiro atoms. The lowest BCUT2D eigenvalue weighted by molar-refractivity contribution is 0.359. The van der Waals surface area contributed by atoms with Crippen molar-refractivity contribution in [3.8, 4) is 0 Å². The molecule has 0 saturated heterocycles. The Balaban J connectivity index is 1.88. The van der Waals surface area contributed by atoms with E-state index in [-0.39, 0.29) is 0 Å². The molecule has 1 unspecified atom stereocenters. The zero-order chi connectivity index (χ0) is 16.8. The van der Waals surface area contributed by atoms with Crippen LogP contribution < -0.4 is 5.32 Å². The zero-order valence-corrected chi connectivity index (χ0v) is 15.7. The summed E-state index contributed by atoms with van der Waals surface area (Å²) in [6.45, 7) is 8.35. The van der Waals surface area contributed by atoms with Crippen molar-refractivity contribution < 1.29 is 4.74 Å². The summed E-state index contributed by atoms with van der Waals surface area (Å²) in [5.74, 6) is 1.28. The summed E-state index contributed by atoms with van der Waals surface area (Å²) >= 11 is 0. The van der Waals surface area contributed by atoms with E-state index in [1.807, 2.05) is 6.26 Å². The molecule has 0 radical (unpaired) electrons. The van der Waals surface area contributed by atoms with Gasteiger partial charge in [0.05, 0.1) is 5.70 Å². The molecule has 2 heteroatoms. The number of hydrogen-bond acceptors (Lipinski definition) is 2. The fourth-order valence-corrected chi connectivity index (χ4v) is 3.36. The molecule has 2 nitrogen and oxygen atoms in total. The summed E-state index contributed by atoms with van der Waals surface area (Å²) in [7, 11) is 0. The Morgan fingerprint density at radius 2 is 1.39 bits per heavy atom. The first-order chi connectivity index (χ1) is 11.3. The third-order valence-corrected chi connectivity index (χ3v) is 4.95. The maximum absolute atomic E-state index is 5.29. The molecule has 0 aromatic heterocycles. The maximum atomic E-state index is 5.29. The summed E-state index contributed by atoms with van der Waals surface area (Å²) in [5.41, 5.74) is 1.22. The second-order valence-electron chi connectivity index (χ2n) is 7.02. The van der Waals surface area contributed by atoms with Gasteiger partial charge in [0.25, 0.3) is 0 Å². The number of ether oxygens (including phenoxy) is 1. The van der Waals surface area contributed by atoms with Crippen LogP contribution in [0.4, 0.5) is 0 Å². The van der Waals surface area contributed by atoms with Crippen LogP contribution in [0.5, 0.6) is 0 Å². The van der Waals surface area contributed by atoms with E-state index in [4.69, 9.17) is 4.74 Å². The molecule has 0 amide bonds. The average molecular weight is 322 g/mol. The fraction of sp³-hybridized carbons (Fsp3) is 0.810. The van der Waals surface area contributed by atoms with Crippen molar-refractivity contribution in [1.29, 1.82) is 0 Å². The monoisotopic (exact) mass is 321 g/mol. The van der Waals surface area contributed by atoms with Gasteiger partial charge in [0.15, 0.2) is 5.88 Å². The van der Waals surface area contributed by atoms with Gasteiger partial charge in [-0.15, -0.1) is 0 Å². The Morgan fingerprint density at radius 3 is 1.83 bits per heavy atom. The molecule has 1 N–H and O–H groups in total. The first kappa shape index (κ1) is 20.1. The molecule has 1 rings (SSSR count). The molecule has 0 aliphatic carbocycles. The predicted octanol–water partition coefficient (Wildman–Crippen LogP) is 7.04. The van der Waals surface area contributed by atoms with E-state index in [0.717, 1.165) is 0 Å². The lowest BCUT2D eigenvalue weighted by atomic mass is 9.95. The van der Waals surface area contributed by atoms with Gasteiger partial charge in [0, 0.05) is 5.92 Å². The molecular formula is C21H39NO. The molecule has 1 atom stereocenters. The van der Waals surface area contributed by atoms with Gasteiger partial charge in [-0.25, -0.2) is 0 Å². The minimum absolute atomic E-state index is 0.609. The van der Waals surface area contributed by atoms with E-state index in [1.54, 1.807) is 0 Å². The highest BCUT2D eigenvalue weighted by Gasteiger charge is 2.17. The molecule has 1 aliphatic rings. The van der Waals surface area contributed by atoms with Crippen molar-refractivity contribution >= 4 is 0 Å². The number of hydrogen-bond donors (Lipinski definition) is 1. The predicted molar refractivity (Wildman–Crippen MR) is 101 cm³/mol. The van der Waals surface area contributed by atoms with Crippen molar-refractivity contribution in [2.45, 2.75) is 104 Å². The van der Waals surface area contributed by atoms with Crippen molar-refractivity contribution in [1.82, 2.24) is 5.32 Å². The summed E-state index contributed by atoms with van der Waals surface area (Å²) in [4.78, 5) is 0. The standard InChI is InChI=1S/C21H39NO/c1-4-6-7-8-9-10-11-12-13-14-15-16-17-20(5-2)21-18-23-19(3)22-21/h18,20,22H,3-17H2,1-2H3. The highest BCUT2D eigenvalue weighted by Crippen LogP contribution is 2.25. The van der Waals surface area contributed by atoms with E-state index in [1.165, 1.54) is 95.6 Å². The van der Waals surface area contributed by atoms with Gasteiger partial charge in [-0.1, -0.05) is 90.9 Å². The number of unbranched alkanes of at least 4 members (excludes halogenated alkanes) is 11. The van der Waals surface area contributed by atoms with Crippen molar-refractivity contribution in [2.24, 2.45) is 5.92 Å². The van der Waals surface area contributed by atoms with E-state index >= 15 is 0 Å². The quantitative estimate of drug-likeness (QED) is 0.327. The number of nitrogens with one attached hydrogen (secondary N) is 1. The molecule has 1 heterocycles. The molecule has 0 aromatic carbocycles. The second-order valence-corrected chi connectivity index (χ2v) is 7.02. The maximum Gasteiger partial charge on any atom is 0.189 e. The molecule has 0 aromatic rings. The largest absolute Gasteiger partial charge is 0.448 e. The van der Waals surface area contributed by atoms with E-state index in [9.17, 15) is 0 Å². The third-order valence-electron chi connectivity index (χ3n) is 4.95. The van der Waals surface area contributed by atoms with Gasteiger partial charge in [-0.05, 0) is 19.4 Å². The zero-order valence-electron chi connectivity index (χ0n) is 15.7. The third kappa shape index (κ3) is 9.73. The van der Waals surface area contributed by atoms with Crippen molar-refractivity contribution in [2.75, 3.05) is 0 Å². The minimum Gasteiger partial charge on any atom is -0.448 e. The lowest BCUT2D eigenvalue weighted by Crippen LogP contribution is -2.14. The smallest absolute Gasteiger partial charge is 0.189 e. The van der Waals surface area contributed by atoms with E-state index in [2.05, 4.69) is 25.7 Å². The number of allylic oxidation sites excluding steroid dienone is 1. The highest BCUT2D eigenvalue weighted by molar-refractivity contribution is 5.12. The minimum atomic E-state index is 0.609. The Labute approximate surface area is 144 Å². The van der Waals surface area contributed by atoms with Crippen molar-refractivity contribution in [3.63, 3.8) is 0 Å². The summed E-state index contributed by atoms with van der Waals surface area (Å²) in [5, 5.41) is 3.24. The fourth-order valence-electron chi connectivity index (χ4n) is 3.36. The summed E-state index contributed by atoms with van der Waals surface area (Å²) in [6, 6.07) is 0. The summed E-state index contributed by atoms with van der Waals surface area (Å²) in [6.07, 6.45) is 21.3. The average Bonchev–Trinajstić information content (AvgIpc) is 2.98. The van der Waals surface area contributed by atoms with Crippen LogP contribution in [0.25, 0.3) is 0 Å². The molecule has 1 aliphatic heterocycles. The Bertz CT molecular complexity index is 335. The SMILES string of the molecule is C=C1NC(C(CC)CCCCCCCCCCCCCC)=CO1. The van der Waals surface area contributed by atoms with Gasteiger partial charge in [-0.3, -0.25) is 0 Å². The van der Waals surface area contributed by atoms with Crippen LogP contribution in [0, 0.1) is 5.92 Å². The first-order valence-electron chi connectivity index (χ1n) is 10.1. The van der Waals surface area contributed by atoms with Crippen LogP contribution in [0.3, 0.4) is 0 Å². The van der Waals surface area contributed by atoms with Crippen LogP contribution >= 0.6 is 0 Å². The molecular weight excluding hydrogens is 282 g/mol. The van der Waals surface area contributed by atoms with Gasteiger partial charge in [0.1, 0.15) is 6.26 Å². The summed E-state index contributed by atoms with van der Waals surface area (Å²) < 4.78 is 5.29. The second kappa shape index (κ2) is 13.5. The van der Waals surface area contributed by atoms with Gasteiger partial charge in [0.2, 0.25) is 0 Å². The van der Waals surface area contributed by atoms with Crippen molar-refractivity contribution in [3.05, 3.63) is 24.4 Å². The van der Waals surface area contributed by atoms with Gasteiger partial charge in [-0.2, -0.15) is 0 Å². The van der Waals surface area contributed by atoms with Gasteiger partial charge < -0.3 is 10.1 Å². The van der Waals surface area contributed by atoms with Crippen LogP contribution in [-0.4, -0.2) is 0 Å². The number of rotatable bonds is 15. The van der Waals surface area contributed by atoms with Crippen LogP contribution in [0.1, 0.15) is 104 Å². The first-order valence-corrected chi connectivity index (χ1v) is 10.1. The molecule has 23 heavy (non-hydrogen) atoms. The highest BCUT2D eigenvalue weighted by atomic mass is 16.5. The Morgan fingerprint density at radius 1 is 0.870 bits per heavy atom. The molecule has 0 bridgehead atoms. The normalized spacial score (nSPS) is 15.2. The van der Waals surface area contributed by atoms with Gasteiger partial charge >= 0.3 is 0 Å². The van der Waals surface area contributed by atoms with Crippen LogP contribution in [-0.2, 0) is 4.74 Å². The topological polar surface area (TPSA) is 21.3 Å².